The zero-order valence-corrected chi connectivity index (χ0v) is 10.9. The highest BCUT2D eigenvalue weighted by Gasteiger charge is 1.97. The van der Waals surface area contributed by atoms with Gasteiger partial charge in [0.25, 0.3) is 0 Å². The summed E-state index contributed by atoms with van der Waals surface area (Å²) in [5.41, 5.74) is 2.57. The number of benzene rings is 2. The molecule has 0 aliphatic rings. The highest BCUT2D eigenvalue weighted by atomic mass is 16.1. The van der Waals surface area contributed by atoms with Gasteiger partial charge >= 0.3 is 0 Å². The number of nitrogens with one attached hydrogen (secondary N) is 1. The van der Waals surface area contributed by atoms with Crippen molar-refractivity contribution in [2.45, 2.75) is 6.54 Å². The molecule has 3 heteroatoms. The van der Waals surface area contributed by atoms with E-state index in [1.54, 1.807) is 18.2 Å². The molecule has 0 aliphatic carbocycles. The van der Waals surface area contributed by atoms with E-state index in [9.17, 15) is 4.79 Å². The summed E-state index contributed by atoms with van der Waals surface area (Å²) >= 11 is 0. The third-order valence-electron chi connectivity index (χ3n) is 2.78. The highest BCUT2D eigenvalue weighted by Crippen LogP contribution is 2.03. The maximum Gasteiger partial charge on any atom is 0.244 e. The largest absolute Gasteiger partial charge is 0.348 e. The molecule has 0 atom stereocenters. The van der Waals surface area contributed by atoms with Crippen molar-refractivity contribution in [1.29, 1.82) is 5.26 Å². The summed E-state index contributed by atoms with van der Waals surface area (Å²) in [6, 6.07) is 18.9. The van der Waals surface area contributed by atoms with Gasteiger partial charge in [-0.05, 0) is 29.3 Å². The lowest BCUT2D eigenvalue weighted by Gasteiger charge is -2.02. The van der Waals surface area contributed by atoms with Crippen LogP contribution in [0.1, 0.15) is 16.7 Å². The second-order valence-corrected chi connectivity index (χ2v) is 4.27. The van der Waals surface area contributed by atoms with Crippen molar-refractivity contribution in [3.05, 3.63) is 77.4 Å². The van der Waals surface area contributed by atoms with Gasteiger partial charge in [0, 0.05) is 12.6 Å². The zero-order valence-electron chi connectivity index (χ0n) is 10.9. The number of hydrogen-bond acceptors (Lipinski definition) is 2. The third kappa shape index (κ3) is 4.11. The number of rotatable bonds is 4. The predicted octanol–water partition coefficient (Wildman–Crippen LogP) is 2.89. The first-order chi connectivity index (χ1) is 9.78. The Hall–Kier alpha value is -2.86. The molecule has 0 heterocycles. The summed E-state index contributed by atoms with van der Waals surface area (Å²) in [5, 5.41) is 11.5. The smallest absolute Gasteiger partial charge is 0.244 e. The Morgan fingerprint density at radius 3 is 2.45 bits per heavy atom. The standard InChI is InChI=1S/C17H14N2O/c18-12-15-6-8-16(9-7-15)13-19-17(20)11-10-14-4-2-1-3-5-14/h1-11H,13H2,(H,19,20)/b11-10+. The second-order valence-electron chi connectivity index (χ2n) is 4.27. The summed E-state index contributed by atoms with van der Waals surface area (Å²) in [4.78, 5) is 11.7. The highest BCUT2D eigenvalue weighted by molar-refractivity contribution is 5.91. The van der Waals surface area contributed by atoms with E-state index in [0.717, 1.165) is 11.1 Å². The first kappa shape index (κ1) is 13.6. The van der Waals surface area contributed by atoms with Crippen molar-refractivity contribution in [3.8, 4) is 6.07 Å². The molecule has 0 fully saturated rings. The van der Waals surface area contributed by atoms with Gasteiger partial charge in [-0.15, -0.1) is 0 Å². The number of nitrogens with zero attached hydrogens (tertiary/aromatic N) is 1. The lowest BCUT2D eigenvalue weighted by molar-refractivity contribution is -0.116. The fourth-order valence-electron chi connectivity index (χ4n) is 1.68. The molecule has 0 unspecified atom stereocenters. The minimum atomic E-state index is -0.141. The van der Waals surface area contributed by atoms with Gasteiger partial charge in [0.15, 0.2) is 0 Å². The SMILES string of the molecule is N#Cc1ccc(CNC(=O)/C=C/c2ccccc2)cc1. The average Bonchev–Trinajstić information content (AvgIpc) is 2.52. The van der Waals surface area contributed by atoms with Crippen molar-refractivity contribution in [1.82, 2.24) is 5.32 Å². The van der Waals surface area contributed by atoms with E-state index in [-0.39, 0.29) is 5.91 Å². The monoisotopic (exact) mass is 262 g/mol. The summed E-state index contributed by atoms with van der Waals surface area (Å²) in [6.07, 6.45) is 3.28. The number of nitriles is 1. The van der Waals surface area contributed by atoms with Gasteiger partial charge in [-0.1, -0.05) is 42.5 Å². The Kier molecular flexibility index (Phi) is 4.69. The maximum absolute atomic E-state index is 11.7. The van der Waals surface area contributed by atoms with Crippen LogP contribution >= 0.6 is 0 Å². The Bertz CT molecular complexity index is 637. The molecular formula is C17H14N2O. The average molecular weight is 262 g/mol. The lowest BCUT2D eigenvalue weighted by atomic mass is 10.1. The van der Waals surface area contributed by atoms with Gasteiger partial charge < -0.3 is 5.32 Å². The third-order valence-corrected chi connectivity index (χ3v) is 2.78. The Labute approximate surface area is 118 Å². The van der Waals surface area contributed by atoms with Crippen molar-refractivity contribution in [2.75, 3.05) is 0 Å². The molecular weight excluding hydrogens is 248 g/mol. The Morgan fingerprint density at radius 1 is 1.10 bits per heavy atom. The fourth-order valence-corrected chi connectivity index (χ4v) is 1.68. The van der Waals surface area contributed by atoms with E-state index in [0.29, 0.717) is 12.1 Å². The normalized spacial score (nSPS) is 10.2. The lowest BCUT2D eigenvalue weighted by Crippen LogP contribution is -2.20. The second kappa shape index (κ2) is 6.91. The van der Waals surface area contributed by atoms with Gasteiger partial charge in [-0.2, -0.15) is 5.26 Å². The van der Waals surface area contributed by atoms with E-state index in [4.69, 9.17) is 5.26 Å². The van der Waals surface area contributed by atoms with Crippen LogP contribution < -0.4 is 5.32 Å². The van der Waals surface area contributed by atoms with E-state index in [1.165, 1.54) is 6.08 Å². The molecule has 0 saturated heterocycles. The molecule has 0 bridgehead atoms. The topological polar surface area (TPSA) is 52.9 Å². The quantitative estimate of drug-likeness (QED) is 0.861. The van der Waals surface area contributed by atoms with Gasteiger partial charge in [0.1, 0.15) is 0 Å². The van der Waals surface area contributed by atoms with E-state index >= 15 is 0 Å². The van der Waals surface area contributed by atoms with E-state index < -0.39 is 0 Å². The number of carbonyl (C=O) groups excluding carboxylic acids is 1. The van der Waals surface area contributed by atoms with Crippen LogP contribution in [0.5, 0.6) is 0 Å². The molecule has 2 rings (SSSR count). The molecule has 0 radical (unpaired) electrons. The molecule has 1 amide bonds. The summed E-state index contributed by atoms with van der Waals surface area (Å²) in [7, 11) is 0. The molecule has 0 aliphatic heterocycles. The molecule has 2 aromatic carbocycles. The van der Waals surface area contributed by atoms with Gasteiger partial charge in [-0.3, -0.25) is 4.79 Å². The van der Waals surface area contributed by atoms with Crippen molar-refractivity contribution >= 4 is 12.0 Å². The number of amides is 1. The van der Waals surface area contributed by atoms with Crippen LogP contribution in [-0.2, 0) is 11.3 Å². The minimum Gasteiger partial charge on any atom is -0.348 e. The van der Waals surface area contributed by atoms with Crippen LogP contribution in [0, 0.1) is 11.3 Å². The minimum absolute atomic E-state index is 0.141. The summed E-state index contributed by atoms with van der Waals surface area (Å²) < 4.78 is 0. The number of carbonyl (C=O) groups is 1. The van der Waals surface area contributed by atoms with Gasteiger partial charge in [-0.25, -0.2) is 0 Å². The Balaban J connectivity index is 1.86. The molecule has 0 saturated carbocycles. The predicted molar refractivity (Wildman–Crippen MR) is 78.5 cm³/mol. The molecule has 20 heavy (non-hydrogen) atoms. The summed E-state index contributed by atoms with van der Waals surface area (Å²) in [5.74, 6) is -0.141. The first-order valence-electron chi connectivity index (χ1n) is 6.28. The molecule has 0 aromatic heterocycles. The van der Waals surface area contributed by atoms with Crippen LogP contribution in [-0.4, -0.2) is 5.91 Å². The van der Waals surface area contributed by atoms with Crippen LogP contribution in [0.4, 0.5) is 0 Å². The summed E-state index contributed by atoms with van der Waals surface area (Å²) in [6.45, 7) is 0.448. The van der Waals surface area contributed by atoms with E-state index in [1.807, 2.05) is 42.5 Å². The molecule has 2 aromatic rings. The molecule has 0 spiro atoms. The van der Waals surface area contributed by atoms with Gasteiger partial charge in [0.05, 0.1) is 11.6 Å². The van der Waals surface area contributed by atoms with Crippen molar-refractivity contribution < 1.29 is 4.79 Å². The maximum atomic E-state index is 11.7. The molecule has 1 N–H and O–H groups in total. The van der Waals surface area contributed by atoms with E-state index in [2.05, 4.69) is 11.4 Å². The van der Waals surface area contributed by atoms with Crippen molar-refractivity contribution in [2.24, 2.45) is 0 Å². The number of hydrogen-bond donors (Lipinski definition) is 1. The van der Waals surface area contributed by atoms with Crippen molar-refractivity contribution in [3.63, 3.8) is 0 Å². The first-order valence-corrected chi connectivity index (χ1v) is 6.28. The van der Waals surface area contributed by atoms with Crippen LogP contribution in [0.2, 0.25) is 0 Å². The zero-order chi connectivity index (χ0) is 14.2. The molecule has 98 valence electrons. The van der Waals surface area contributed by atoms with Gasteiger partial charge in [0.2, 0.25) is 5.91 Å². The fraction of sp³-hybridized carbons (Fsp3) is 0.0588. The van der Waals surface area contributed by atoms with Crippen LogP contribution in [0.25, 0.3) is 6.08 Å². The molecule has 3 nitrogen and oxygen atoms in total. The Morgan fingerprint density at radius 2 is 1.80 bits per heavy atom. The van der Waals surface area contributed by atoms with Crippen LogP contribution in [0.3, 0.4) is 0 Å². The van der Waals surface area contributed by atoms with Crippen LogP contribution in [0.15, 0.2) is 60.7 Å².